The second-order valence-corrected chi connectivity index (χ2v) is 12.8. The summed E-state index contributed by atoms with van der Waals surface area (Å²) < 4.78 is 25.2. The van der Waals surface area contributed by atoms with Crippen molar-refractivity contribution in [1.82, 2.24) is 4.90 Å². The summed E-state index contributed by atoms with van der Waals surface area (Å²) in [5.41, 5.74) is 0. The van der Waals surface area contributed by atoms with Crippen LogP contribution in [0.1, 0.15) is 142 Å². The average Bonchev–Trinajstić information content (AvgIpc) is 3.49. The largest absolute Gasteiger partial charge is 0.481 e. The average molecular weight is 654 g/mol. The minimum atomic E-state index is -0.733. The van der Waals surface area contributed by atoms with E-state index in [0.29, 0.717) is 46.1 Å². The summed E-state index contributed by atoms with van der Waals surface area (Å²) in [6.45, 7) is 8.54. The Bertz CT molecular complexity index is 790. The van der Waals surface area contributed by atoms with E-state index in [2.05, 4.69) is 22.6 Å². The zero-order valence-corrected chi connectivity index (χ0v) is 29.6. The molecule has 0 spiro atoms. The molecule has 0 aromatic carbocycles. The Hall–Kier alpha value is -1.81. The van der Waals surface area contributed by atoms with Crippen LogP contribution >= 0.6 is 0 Å². The number of hydrogen-bond donors (Lipinski definition) is 1. The Balaban J connectivity index is 1.96. The second kappa shape index (κ2) is 31.8. The van der Waals surface area contributed by atoms with Crippen LogP contribution in [0.3, 0.4) is 0 Å². The van der Waals surface area contributed by atoms with E-state index in [-0.39, 0.29) is 24.9 Å². The molecule has 0 bridgehead atoms. The van der Waals surface area contributed by atoms with Gasteiger partial charge in [0.1, 0.15) is 18.9 Å². The lowest BCUT2D eigenvalue weighted by molar-refractivity contribution is -0.460. The molecular weight excluding hydrogens is 584 g/mol. The van der Waals surface area contributed by atoms with Crippen LogP contribution in [0.25, 0.3) is 0 Å². The molecule has 1 aliphatic rings. The summed E-state index contributed by atoms with van der Waals surface area (Å²) in [7, 11) is 0. The predicted octanol–water partition coefficient (Wildman–Crippen LogP) is 7.74. The molecular formula is C37H69N2O7+. The fourth-order valence-corrected chi connectivity index (χ4v) is 5.39. The number of carbonyl (C=O) groups excluding carboxylic acids is 1. The monoisotopic (exact) mass is 654 g/mol. The number of Topliss-reactive ketones (excluding diaryl/α,β-unsaturated/α-hetero) is 1. The van der Waals surface area contributed by atoms with Crippen LogP contribution in [0, 0.1) is 0 Å². The topological polar surface area (TPSA) is 97.5 Å². The third kappa shape index (κ3) is 28.4. The molecule has 9 heteroatoms. The van der Waals surface area contributed by atoms with Gasteiger partial charge in [0.05, 0.1) is 39.2 Å². The first-order chi connectivity index (χ1) is 22.5. The van der Waals surface area contributed by atoms with E-state index >= 15 is 0 Å². The minimum Gasteiger partial charge on any atom is -0.481 e. The number of rotatable bonds is 35. The molecule has 1 rings (SSSR count). The molecule has 268 valence electrons. The lowest BCUT2D eigenvalue weighted by atomic mass is 10.0. The molecule has 0 amide bonds. The number of ketones is 1. The van der Waals surface area contributed by atoms with Crippen LogP contribution in [0.15, 0.2) is 12.4 Å². The van der Waals surface area contributed by atoms with Crippen molar-refractivity contribution in [3.8, 4) is 0 Å². The highest BCUT2D eigenvalue weighted by Gasteiger charge is 2.15. The first-order valence-corrected chi connectivity index (χ1v) is 18.6. The van der Waals surface area contributed by atoms with Crippen LogP contribution in [0.5, 0.6) is 0 Å². The van der Waals surface area contributed by atoms with Crippen LogP contribution in [-0.4, -0.2) is 98.1 Å². The van der Waals surface area contributed by atoms with Crippen molar-refractivity contribution in [3.05, 3.63) is 12.4 Å². The molecule has 0 aromatic rings. The Labute approximate surface area is 281 Å². The zero-order valence-electron chi connectivity index (χ0n) is 29.6. The third-order valence-electron chi connectivity index (χ3n) is 8.19. The Kier molecular flexibility index (Phi) is 29.2. The van der Waals surface area contributed by atoms with Crippen molar-refractivity contribution in [2.24, 2.45) is 0 Å². The van der Waals surface area contributed by atoms with Crippen LogP contribution in [0.4, 0.5) is 0 Å². The first kappa shape index (κ1) is 42.2. The van der Waals surface area contributed by atoms with E-state index in [9.17, 15) is 9.59 Å². The fourth-order valence-electron chi connectivity index (χ4n) is 5.39. The second-order valence-electron chi connectivity index (χ2n) is 12.8. The van der Waals surface area contributed by atoms with Crippen LogP contribution in [-0.2, 0) is 28.5 Å². The Morgan fingerprint density at radius 2 is 1.33 bits per heavy atom. The van der Waals surface area contributed by atoms with Gasteiger partial charge in [0.25, 0.3) is 0 Å². The standard InChI is InChI=1S/C37H68N2O7/c1-3-4-5-6-7-8-9-10-11-12-13-14-15-16-17-21-27-44-32-36(46-31-35(2)40)33-45-30-29-43-28-26-39-25-24-38(34-39)23-20-18-19-22-37(41)42/h23-25,36H,3-22,26-34H2,1-2H3/p+1. The van der Waals surface area contributed by atoms with Gasteiger partial charge in [0, 0.05) is 26.0 Å². The van der Waals surface area contributed by atoms with Crippen molar-refractivity contribution >= 4 is 18.0 Å². The van der Waals surface area contributed by atoms with Crippen molar-refractivity contribution in [2.75, 3.05) is 59.5 Å². The van der Waals surface area contributed by atoms with Crippen LogP contribution < -0.4 is 0 Å². The van der Waals surface area contributed by atoms with Gasteiger partial charge in [0.15, 0.2) is 12.0 Å². The lowest BCUT2D eigenvalue weighted by Gasteiger charge is -2.18. The van der Waals surface area contributed by atoms with Gasteiger partial charge in [-0.1, -0.05) is 103 Å². The van der Waals surface area contributed by atoms with Gasteiger partial charge < -0.3 is 29.0 Å². The normalized spacial score (nSPS) is 14.5. The fraction of sp³-hybridized carbons (Fsp3) is 0.865. The van der Waals surface area contributed by atoms with Gasteiger partial charge in [0.2, 0.25) is 6.67 Å². The van der Waals surface area contributed by atoms with E-state index in [1.807, 2.05) is 12.4 Å². The zero-order chi connectivity index (χ0) is 33.3. The molecule has 1 aliphatic heterocycles. The van der Waals surface area contributed by atoms with Crippen molar-refractivity contribution in [1.29, 1.82) is 0 Å². The van der Waals surface area contributed by atoms with Crippen molar-refractivity contribution < 1.29 is 38.2 Å². The quantitative estimate of drug-likeness (QED) is 0.0548. The summed E-state index contributed by atoms with van der Waals surface area (Å²) in [6, 6.07) is 0. The maximum atomic E-state index is 11.4. The molecule has 9 nitrogen and oxygen atoms in total. The predicted molar refractivity (Wildman–Crippen MR) is 186 cm³/mol. The molecule has 0 saturated carbocycles. The molecule has 0 saturated heterocycles. The van der Waals surface area contributed by atoms with Crippen molar-refractivity contribution in [2.45, 2.75) is 148 Å². The molecule has 0 aromatic heterocycles. The summed E-state index contributed by atoms with van der Waals surface area (Å²) in [6.07, 6.45) is 30.3. The number of nitrogens with zero attached hydrogens (tertiary/aromatic N) is 2. The number of carboxylic acid groups (broad SMARTS) is 1. The van der Waals surface area contributed by atoms with Gasteiger partial charge in [-0.05, 0) is 26.2 Å². The highest BCUT2D eigenvalue weighted by atomic mass is 16.6. The summed E-state index contributed by atoms with van der Waals surface area (Å²) in [5.74, 6) is -0.736. The van der Waals surface area contributed by atoms with Gasteiger partial charge in [-0.15, -0.1) is 0 Å². The summed E-state index contributed by atoms with van der Waals surface area (Å²) >= 11 is 0. The van der Waals surface area contributed by atoms with Gasteiger partial charge in [-0.2, -0.15) is 4.58 Å². The van der Waals surface area contributed by atoms with Gasteiger partial charge >= 0.3 is 5.97 Å². The Morgan fingerprint density at radius 1 is 0.761 bits per heavy atom. The molecule has 0 aliphatic carbocycles. The SMILES string of the molecule is CCCCCCCCCCCCCCCCCCOCC(COCCOCCN1C=C[N+](=CCCCCC(=O)O)C1)OCC(C)=O. The molecule has 1 unspecified atom stereocenters. The summed E-state index contributed by atoms with van der Waals surface area (Å²) in [5, 5.41) is 8.71. The summed E-state index contributed by atoms with van der Waals surface area (Å²) in [4.78, 5) is 24.2. The van der Waals surface area contributed by atoms with E-state index in [1.165, 1.54) is 103 Å². The first-order valence-electron chi connectivity index (χ1n) is 18.6. The number of carboxylic acids is 1. The van der Waals surface area contributed by atoms with E-state index < -0.39 is 5.97 Å². The minimum absolute atomic E-state index is 0.00329. The number of ether oxygens (including phenoxy) is 4. The molecule has 1 heterocycles. The smallest absolute Gasteiger partial charge is 0.303 e. The molecule has 1 N–H and O–H groups in total. The molecule has 0 radical (unpaired) electrons. The Morgan fingerprint density at radius 3 is 1.91 bits per heavy atom. The molecule has 0 fully saturated rings. The van der Waals surface area contributed by atoms with Gasteiger partial charge in [-0.3, -0.25) is 9.59 Å². The van der Waals surface area contributed by atoms with E-state index in [4.69, 9.17) is 24.1 Å². The maximum absolute atomic E-state index is 11.4. The number of unbranched alkanes of at least 4 members (excludes halogenated alkanes) is 17. The van der Waals surface area contributed by atoms with Crippen LogP contribution in [0.2, 0.25) is 0 Å². The third-order valence-corrected chi connectivity index (χ3v) is 8.19. The maximum Gasteiger partial charge on any atom is 0.303 e. The molecule has 1 atom stereocenters. The highest BCUT2D eigenvalue weighted by Crippen LogP contribution is 2.14. The van der Waals surface area contributed by atoms with E-state index in [0.717, 1.165) is 32.5 Å². The van der Waals surface area contributed by atoms with E-state index in [1.54, 1.807) is 0 Å². The number of aliphatic carboxylic acids is 1. The highest BCUT2D eigenvalue weighted by molar-refractivity contribution is 5.76. The number of carbonyl (C=O) groups is 2. The van der Waals surface area contributed by atoms with Gasteiger partial charge in [-0.25, -0.2) is 0 Å². The molecule has 46 heavy (non-hydrogen) atoms. The van der Waals surface area contributed by atoms with Crippen molar-refractivity contribution in [3.63, 3.8) is 0 Å². The lowest BCUT2D eigenvalue weighted by Crippen LogP contribution is -2.29. The number of hydrogen-bond acceptors (Lipinski definition) is 7.